The van der Waals surface area contributed by atoms with Crippen molar-refractivity contribution in [3.05, 3.63) is 30.3 Å². The Labute approximate surface area is 175 Å². The Bertz CT molecular complexity index is 427. The van der Waals surface area contributed by atoms with Crippen molar-refractivity contribution >= 4 is 8.60 Å². The second kappa shape index (κ2) is 19.7. The molecule has 3 nitrogen and oxygen atoms in total. The van der Waals surface area contributed by atoms with Gasteiger partial charge in [0, 0.05) is 0 Å². The van der Waals surface area contributed by atoms with Gasteiger partial charge in [-0.3, -0.25) is 0 Å². The molecule has 1 atom stereocenters. The third-order valence-electron chi connectivity index (χ3n) is 5.13. The Morgan fingerprint density at radius 3 is 1.54 bits per heavy atom. The minimum Gasteiger partial charge on any atom is -0.427 e. The van der Waals surface area contributed by atoms with Crippen molar-refractivity contribution < 1.29 is 13.9 Å². The van der Waals surface area contributed by atoms with Crippen LogP contribution in [0.1, 0.15) is 110 Å². The third kappa shape index (κ3) is 16.3. The van der Waals surface area contributed by atoms with Gasteiger partial charge in [0.1, 0.15) is 5.75 Å². The monoisotopic (exact) mass is 410 g/mol. The lowest BCUT2D eigenvalue weighted by Gasteiger charge is -2.11. The minimum atomic E-state index is -1.80. The summed E-state index contributed by atoms with van der Waals surface area (Å²) >= 11 is 0. The van der Waals surface area contributed by atoms with Gasteiger partial charge in [0.15, 0.2) is 0 Å². The van der Waals surface area contributed by atoms with E-state index >= 15 is 0 Å². The van der Waals surface area contributed by atoms with Gasteiger partial charge in [0.2, 0.25) is 0 Å². The van der Waals surface area contributed by atoms with E-state index in [1.807, 2.05) is 30.3 Å². The maximum absolute atomic E-state index is 9.75. The Morgan fingerprint density at radius 2 is 1.07 bits per heavy atom. The van der Waals surface area contributed by atoms with Gasteiger partial charge in [-0.2, -0.15) is 0 Å². The molecule has 162 valence electrons. The Morgan fingerprint density at radius 1 is 0.643 bits per heavy atom. The van der Waals surface area contributed by atoms with E-state index in [2.05, 4.69) is 6.92 Å². The first-order chi connectivity index (χ1) is 13.8. The van der Waals surface area contributed by atoms with Crippen LogP contribution in [0.3, 0.4) is 0 Å². The van der Waals surface area contributed by atoms with Gasteiger partial charge in [-0.1, -0.05) is 121 Å². The number of para-hydroxylation sites is 1. The summed E-state index contributed by atoms with van der Waals surface area (Å²) in [7, 11) is -1.80. The zero-order chi connectivity index (χ0) is 20.1. The molecule has 0 fully saturated rings. The predicted octanol–water partition coefficient (Wildman–Crippen LogP) is 8.56. The SMILES string of the molecule is CCCCCCCCCCCCCCCCCCOP(O)Oc1ccccc1. The van der Waals surface area contributed by atoms with Crippen molar-refractivity contribution in [2.45, 2.75) is 110 Å². The molecule has 28 heavy (non-hydrogen) atoms. The van der Waals surface area contributed by atoms with Gasteiger partial charge < -0.3 is 13.9 Å². The zero-order valence-corrected chi connectivity index (χ0v) is 19.0. The van der Waals surface area contributed by atoms with E-state index in [9.17, 15) is 4.89 Å². The smallest absolute Gasteiger partial charge is 0.394 e. The van der Waals surface area contributed by atoms with Crippen molar-refractivity contribution in [1.82, 2.24) is 0 Å². The van der Waals surface area contributed by atoms with Crippen LogP contribution >= 0.6 is 8.60 Å². The molecule has 1 rings (SSSR count). The first-order valence-electron chi connectivity index (χ1n) is 11.7. The highest BCUT2D eigenvalue weighted by Crippen LogP contribution is 2.34. The van der Waals surface area contributed by atoms with Gasteiger partial charge in [-0.15, -0.1) is 0 Å². The standard InChI is InChI=1S/C24H43O3P/c1-2-3-4-5-6-7-8-9-10-11-12-13-14-15-16-20-23-26-28(25)27-24-21-18-17-19-22-24/h17-19,21-22,25H,2-16,20,23H2,1H3. The number of hydrogen-bond acceptors (Lipinski definition) is 3. The second-order valence-corrected chi connectivity index (χ2v) is 8.70. The van der Waals surface area contributed by atoms with E-state index in [0.29, 0.717) is 12.4 Å². The highest BCUT2D eigenvalue weighted by Gasteiger charge is 2.08. The molecule has 1 aromatic carbocycles. The van der Waals surface area contributed by atoms with Gasteiger partial charge >= 0.3 is 8.60 Å². The van der Waals surface area contributed by atoms with Gasteiger partial charge in [0.05, 0.1) is 6.61 Å². The summed E-state index contributed by atoms with van der Waals surface area (Å²) in [5.41, 5.74) is 0. The average molecular weight is 411 g/mol. The molecule has 0 aliphatic heterocycles. The fourth-order valence-electron chi connectivity index (χ4n) is 3.39. The molecule has 4 heteroatoms. The van der Waals surface area contributed by atoms with Crippen LogP contribution in [0, 0.1) is 0 Å². The van der Waals surface area contributed by atoms with Crippen LogP contribution in [0.25, 0.3) is 0 Å². The molecule has 0 bridgehead atoms. The Balaban J connectivity index is 1.74. The van der Waals surface area contributed by atoms with E-state index in [0.717, 1.165) is 6.42 Å². The molecule has 0 heterocycles. The van der Waals surface area contributed by atoms with Gasteiger partial charge in [0.25, 0.3) is 0 Å². The summed E-state index contributed by atoms with van der Waals surface area (Å²) in [6, 6.07) is 9.33. The number of benzene rings is 1. The van der Waals surface area contributed by atoms with Crippen LogP contribution in [-0.2, 0) is 4.52 Å². The van der Waals surface area contributed by atoms with Crippen LogP contribution in [0.2, 0.25) is 0 Å². The number of rotatable bonds is 20. The van der Waals surface area contributed by atoms with Crippen LogP contribution in [0.15, 0.2) is 30.3 Å². The topological polar surface area (TPSA) is 38.7 Å². The maximum atomic E-state index is 9.75. The normalized spacial score (nSPS) is 12.2. The molecule has 1 unspecified atom stereocenters. The molecule has 0 aliphatic carbocycles. The molecule has 0 radical (unpaired) electrons. The summed E-state index contributed by atoms with van der Waals surface area (Å²) in [6.07, 6.45) is 21.7. The third-order valence-corrected chi connectivity index (χ3v) is 5.90. The van der Waals surface area contributed by atoms with E-state index in [-0.39, 0.29) is 0 Å². The quantitative estimate of drug-likeness (QED) is 0.173. The second-order valence-electron chi connectivity index (χ2n) is 7.78. The molecular weight excluding hydrogens is 367 g/mol. The first kappa shape index (κ1) is 25.4. The van der Waals surface area contributed by atoms with Crippen LogP contribution in [0.5, 0.6) is 5.75 Å². The molecule has 0 aromatic heterocycles. The minimum absolute atomic E-state index is 0.577. The molecular formula is C24H43O3P. The van der Waals surface area contributed by atoms with Crippen LogP contribution in [-0.4, -0.2) is 11.5 Å². The predicted molar refractivity (Wildman–Crippen MR) is 122 cm³/mol. The van der Waals surface area contributed by atoms with Crippen molar-refractivity contribution in [2.24, 2.45) is 0 Å². The zero-order valence-electron chi connectivity index (χ0n) is 18.1. The number of unbranched alkanes of at least 4 members (excludes halogenated alkanes) is 15. The molecule has 1 aromatic rings. The molecule has 0 amide bonds. The van der Waals surface area contributed by atoms with Crippen LogP contribution in [0.4, 0.5) is 0 Å². The van der Waals surface area contributed by atoms with Gasteiger partial charge in [-0.05, 0) is 18.6 Å². The van der Waals surface area contributed by atoms with Crippen molar-refractivity contribution in [3.63, 3.8) is 0 Å². The lowest BCUT2D eigenvalue weighted by Crippen LogP contribution is -1.95. The largest absolute Gasteiger partial charge is 0.427 e. The van der Waals surface area contributed by atoms with E-state index in [4.69, 9.17) is 9.05 Å². The molecule has 0 spiro atoms. The molecule has 0 aliphatic rings. The maximum Gasteiger partial charge on any atom is 0.394 e. The number of hydrogen-bond donors (Lipinski definition) is 1. The summed E-state index contributed by atoms with van der Waals surface area (Å²) < 4.78 is 10.7. The van der Waals surface area contributed by atoms with Crippen molar-refractivity contribution in [2.75, 3.05) is 6.61 Å². The Kier molecular flexibility index (Phi) is 17.9. The van der Waals surface area contributed by atoms with E-state index in [1.54, 1.807) is 0 Å². The van der Waals surface area contributed by atoms with Crippen molar-refractivity contribution in [3.8, 4) is 5.75 Å². The lowest BCUT2D eigenvalue weighted by molar-refractivity contribution is 0.253. The fourth-order valence-corrected chi connectivity index (χ4v) is 4.03. The summed E-state index contributed by atoms with van der Waals surface area (Å²) in [4.78, 5) is 9.75. The van der Waals surface area contributed by atoms with Crippen molar-refractivity contribution in [1.29, 1.82) is 0 Å². The summed E-state index contributed by atoms with van der Waals surface area (Å²) in [5, 5.41) is 0. The lowest BCUT2D eigenvalue weighted by atomic mass is 10.0. The van der Waals surface area contributed by atoms with E-state index < -0.39 is 8.60 Å². The summed E-state index contributed by atoms with van der Waals surface area (Å²) in [6.45, 7) is 2.86. The molecule has 0 saturated heterocycles. The highest BCUT2D eigenvalue weighted by atomic mass is 31.2. The highest BCUT2D eigenvalue weighted by molar-refractivity contribution is 7.41. The van der Waals surface area contributed by atoms with E-state index in [1.165, 1.54) is 96.3 Å². The van der Waals surface area contributed by atoms with Crippen LogP contribution < -0.4 is 4.52 Å². The molecule has 0 saturated carbocycles. The fraction of sp³-hybridized carbons (Fsp3) is 0.750. The Hall–Kier alpha value is -0.630. The molecule has 1 N–H and O–H groups in total. The summed E-state index contributed by atoms with van der Waals surface area (Å²) in [5.74, 6) is 0.656. The average Bonchev–Trinajstić information content (AvgIpc) is 2.71. The first-order valence-corrected chi connectivity index (χ1v) is 12.8. The van der Waals surface area contributed by atoms with Gasteiger partial charge in [-0.25, -0.2) is 0 Å².